The van der Waals surface area contributed by atoms with Gasteiger partial charge in [-0.1, -0.05) is 36.4 Å². The van der Waals surface area contributed by atoms with Crippen molar-refractivity contribution in [3.05, 3.63) is 96.7 Å². The molecule has 31 heavy (non-hydrogen) atoms. The van der Waals surface area contributed by atoms with Gasteiger partial charge < -0.3 is 10.1 Å². The van der Waals surface area contributed by atoms with E-state index in [2.05, 4.69) is 20.3 Å². The van der Waals surface area contributed by atoms with E-state index in [0.29, 0.717) is 13.0 Å². The number of ether oxygens (including phenoxy) is 1. The van der Waals surface area contributed by atoms with E-state index in [9.17, 15) is 4.79 Å². The first-order valence-electron chi connectivity index (χ1n) is 9.92. The van der Waals surface area contributed by atoms with Crippen LogP contribution in [0.25, 0.3) is 22.4 Å². The lowest BCUT2D eigenvalue weighted by Gasteiger charge is -2.10. The van der Waals surface area contributed by atoms with E-state index in [1.165, 1.54) is 0 Å². The predicted molar refractivity (Wildman–Crippen MR) is 119 cm³/mol. The van der Waals surface area contributed by atoms with Crippen molar-refractivity contribution in [3.63, 3.8) is 0 Å². The summed E-state index contributed by atoms with van der Waals surface area (Å²) in [6.07, 6.45) is 7.18. The molecule has 2 heterocycles. The lowest BCUT2D eigenvalue weighted by molar-refractivity contribution is -0.120. The number of hydrogen-bond acceptors (Lipinski definition) is 5. The van der Waals surface area contributed by atoms with Crippen LogP contribution in [0.5, 0.6) is 5.75 Å². The molecule has 0 aliphatic heterocycles. The summed E-state index contributed by atoms with van der Waals surface area (Å²) < 4.78 is 5.21. The number of carbonyl (C=O) groups is 1. The number of aromatic nitrogens is 3. The molecular weight excluding hydrogens is 388 g/mol. The van der Waals surface area contributed by atoms with Crippen LogP contribution in [0.2, 0.25) is 0 Å². The molecule has 154 valence electrons. The summed E-state index contributed by atoms with van der Waals surface area (Å²) in [6.45, 7) is 0.462. The van der Waals surface area contributed by atoms with Gasteiger partial charge in [0.2, 0.25) is 5.91 Å². The van der Waals surface area contributed by atoms with Crippen molar-refractivity contribution in [1.82, 2.24) is 20.3 Å². The Bertz CT molecular complexity index is 1160. The quantitative estimate of drug-likeness (QED) is 0.497. The van der Waals surface area contributed by atoms with Gasteiger partial charge in [0.1, 0.15) is 12.1 Å². The molecule has 0 aliphatic rings. The topological polar surface area (TPSA) is 77.0 Å². The highest BCUT2D eigenvalue weighted by atomic mass is 16.5. The number of benzene rings is 2. The van der Waals surface area contributed by atoms with Crippen LogP contribution in [-0.4, -0.2) is 28.0 Å². The molecule has 2 aromatic carbocycles. The Morgan fingerprint density at radius 1 is 0.935 bits per heavy atom. The first-order chi connectivity index (χ1) is 15.2. The van der Waals surface area contributed by atoms with Gasteiger partial charge in [0.15, 0.2) is 0 Å². The van der Waals surface area contributed by atoms with Crippen LogP contribution in [0.4, 0.5) is 0 Å². The Morgan fingerprint density at radius 3 is 2.52 bits per heavy atom. The third kappa shape index (κ3) is 5.11. The lowest BCUT2D eigenvalue weighted by Crippen LogP contribution is -2.24. The number of nitrogens with one attached hydrogen (secondary N) is 1. The van der Waals surface area contributed by atoms with Gasteiger partial charge in [-0.05, 0) is 41.0 Å². The van der Waals surface area contributed by atoms with Crippen LogP contribution in [0.3, 0.4) is 0 Å². The summed E-state index contributed by atoms with van der Waals surface area (Å²) in [6, 6.07) is 19.4. The predicted octanol–water partition coefficient (Wildman–Crippen LogP) is 4.07. The Hall–Kier alpha value is -4.06. The van der Waals surface area contributed by atoms with Gasteiger partial charge in [-0.25, -0.2) is 9.97 Å². The molecule has 0 spiro atoms. The van der Waals surface area contributed by atoms with Crippen LogP contribution in [0.15, 0.2) is 85.6 Å². The molecule has 0 unspecified atom stereocenters. The summed E-state index contributed by atoms with van der Waals surface area (Å²) in [5.41, 5.74) is 5.74. The minimum atomic E-state index is -0.0342. The summed E-state index contributed by atoms with van der Waals surface area (Å²) >= 11 is 0. The zero-order valence-corrected chi connectivity index (χ0v) is 17.2. The Labute approximate surface area is 181 Å². The molecule has 0 atom stereocenters. The molecule has 2 aromatic heterocycles. The Morgan fingerprint density at radius 2 is 1.74 bits per heavy atom. The molecular formula is C25H22N4O2. The molecule has 0 fully saturated rings. The number of pyridine rings is 1. The van der Waals surface area contributed by atoms with Crippen molar-refractivity contribution >= 4 is 5.91 Å². The fourth-order valence-electron chi connectivity index (χ4n) is 3.31. The summed E-state index contributed by atoms with van der Waals surface area (Å²) in [4.78, 5) is 25.0. The lowest BCUT2D eigenvalue weighted by atomic mass is 10.0. The number of nitrogens with zero attached hydrogens (tertiary/aromatic N) is 3. The largest absolute Gasteiger partial charge is 0.497 e. The van der Waals surface area contributed by atoms with Gasteiger partial charge in [-0.15, -0.1) is 0 Å². The van der Waals surface area contributed by atoms with E-state index in [1.54, 1.807) is 25.8 Å². The standard InChI is InChI=1S/C25H22N4O2/c1-31-22-4-2-3-19(13-22)14-24(30)28-15-18-5-7-21(8-6-18)25-23(16-27-17-29-25)20-9-11-26-12-10-20/h2-13,16-17H,14-15H2,1H3,(H,28,30). The molecule has 0 bridgehead atoms. The second kappa shape index (κ2) is 9.63. The van der Waals surface area contributed by atoms with Gasteiger partial charge >= 0.3 is 0 Å². The van der Waals surface area contributed by atoms with E-state index in [1.807, 2.05) is 66.9 Å². The average Bonchev–Trinajstić information content (AvgIpc) is 2.84. The van der Waals surface area contributed by atoms with Crippen molar-refractivity contribution in [2.45, 2.75) is 13.0 Å². The monoisotopic (exact) mass is 410 g/mol. The second-order valence-corrected chi connectivity index (χ2v) is 7.02. The van der Waals surface area contributed by atoms with Gasteiger partial charge in [0.25, 0.3) is 0 Å². The van der Waals surface area contributed by atoms with Crippen molar-refractivity contribution in [2.75, 3.05) is 7.11 Å². The zero-order chi connectivity index (χ0) is 21.5. The third-order valence-electron chi connectivity index (χ3n) is 4.92. The fourth-order valence-corrected chi connectivity index (χ4v) is 3.31. The fraction of sp³-hybridized carbons (Fsp3) is 0.120. The molecule has 0 saturated heterocycles. The van der Waals surface area contributed by atoms with E-state index < -0.39 is 0 Å². The van der Waals surface area contributed by atoms with E-state index in [4.69, 9.17) is 4.74 Å². The number of amides is 1. The highest BCUT2D eigenvalue weighted by Crippen LogP contribution is 2.29. The molecule has 4 aromatic rings. The number of methoxy groups -OCH3 is 1. The third-order valence-corrected chi connectivity index (χ3v) is 4.92. The molecule has 6 heteroatoms. The van der Waals surface area contributed by atoms with Gasteiger partial charge in [0.05, 0.1) is 19.2 Å². The van der Waals surface area contributed by atoms with Crippen LogP contribution >= 0.6 is 0 Å². The van der Waals surface area contributed by atoms with Crippen LogP contribution in [-0.2, 0) is 17.8 Å². The molecule has 6 nitrogen and oxygen atoms in total. The van der Waals surface area contributed by atoms with E-state index in [0.717, 1.165) is 39.3 Å². The molecule has 1 amide bonds. The first-order valence-corrected chi connectivity index (χ1v) is 9.92. The molecule has 0 radical (unpaired) electrons. The summed E-state index contributed by atoms with van der Waals surface area (Å²) in [5.74, 6) is 0.713. The van der Waals surface area contributed by atoms with Crippen molar-refractivity contribution in [1.29, 1.82) is 0 Å². The first kappa shape index (κ1) is 20.2. The van der Waals surface area contributed by atoms with Crippen molar-refractivity contribution in [3.8, 4) is 28.1 Å². The van der Waals surface area contributed by atoms with Crippen LogP contribution in [0.1, 0.15) is 11.1 Å². The van der Waals surface area contributed by atoms with Gasteiger partial charge in [-0.2, -0.15) is 0 Å². The van der Waals surface area contributed by atoms with Crippen molar-refractivity contribution in [2.24, 2.45) is 0 Å². The molecule has 0 saturated carbocycles. The minimum Gasteiger partial charge on any atom is -0.497 e. The SMILES string of the molecule is COc1cccc(CC(=O)NCc2ccc(-c3ncncc3-c3ccncc3)cc2)c1. The number of rotatable bonds is 7. The molecule has 0 aliphatic carbocycles. The van der Waals surface area contributed by atoms with E-state index in [-0.39, 0.29) is 5.91 Å². The number of hydrogen-bond donors (Lipinski definition) is 1. The van der Waals surface area contributed by atoms with E-state index >= 15 is 0 Å². The Kier molecular flexibility index (Phi) is 6.28. The van der Waals surface area contributed by atoms with Gasteiger partial charge in [-0.3, -0.25) is 9.78 Å². The maximum Gasteiger partial charge on any atom is 0.224 e. The average molecular weight is 410 g/mol. The molecule has 4 rings (SSSR count). The summed E-state index contributed by atoms with van der Waals surface area (Å²) in [7, 11) is 1.62. The minimum absolute atomic E-state index is 0.0342. The normalized spacial score (nSPS) is 10.5. The highest BCUT2D eigenvalue weighted by Gasteiger charge is 2.10. The second-order valence-electron chi connectivity index (χ2n) is 7.02. The van der Waals surface area contributed by atoms with Crippen molar-refractivity contribution < 1.29 is 9.53 Å². The maximum absolute atomic E-state index is 12.3. The maximum atomic E-state index is 12.3. The van der Waals surface area contributed by atoms with Crippen LogP contribution in [0, 0.1) is 0 Å². The number of carbonyl (C=O) groups excluding carboxylic acids is 1. The van der Waals surface area contributed by atoms with Crippen LogP contribution < -0.4 is 10.1 Å². The molecule has 1 N–H and O–H groups in total. The van der Waals surface area contributed by atoms with Gasteiger partial charge in [0, 0.05) is 36.3 Å². The Balaban J connectivity index is 1.42. The zero-order valence-electron chi connectivity index (χ0n) is 17.2. The highest BCUT2D eigenvalue weighted by molar-refractivity contribution is 5.80. The summed E-state index contributed by atoms with van der Waals surface area (Å²) in [5, 5.41) is 2.97. The smallest absolute Gasteiger partial charge is 0.224 e.